The molecule has 1 heterocycles. The second-order valence-electron chi connectivity index (χ2n) is 7.44. The van der Waals surface area contributed by atoms with Gasteiger partial charge in [0.25, 0.3) is 0 Å². The Morgan fingerprint density at radius 1 is 1.07 bits per heavy atom. The number of thioether (sulfide) groups is 1. The van der Waals surface area contributed by atoms with Crippen molar-refractivity contribution in [1.29, 1.82) is 0 Å². The van der Waals surface area contributed by atoms with Crippen LogP contribution in [0.4, 0.5) is 10.5 Å². The van der Waals surface area contributed by atoms with E-state index in [2.05, 4.69) is 45.9 Å². The van der Waals surface area contributed by atoms with Gasteiger partial charge >= 0.3 is 6.03 Å². The molecule has 0 spiro atoms. The molecule has 0 atom stereocenters. The van der Waals surface area contributed by atoms with E-state index in [1.54, 1.807) is 11.8 Å². The molecule has 1 fully saturated rings. The number of nitrogens with one attached hydrogen (secondary N) is 2. The van der Waals surface area contributed by atoms with Crippen molar-refractivity contribution in [3.05, 3.63) is 60.2 Å². The Bertz CT molecular complexity index is 712. The van der Waals surface area contributed by atoms with E-state index >= 15 is 0 Å². The molecule has 1 saturated heterocycles. The average molecular weight is 398 g/mol. The first-order chi connectivity index (χ1) is 13.7. The Hall–Kier alpha value is -1.98. The molecule has 2 amide bonds. The van der Waals surface area contributed by atoms with Crippen LogP contribution in [0.1, 0.15) is 24.8 Å². The van der Waals surface area contributed by atoms with Crippen LogP contribution in [-0.2, 0) is 6.42 Å². The van der Waals surface area contributed by atoms with Crippen LogP contribution >= 0.6 is 11.8 Å². The van der Waals surface area contributed by atoms with E-state index in [0.717, 1.165) is 24.6 Å². The van der Waals surface area contributed by atoms with Gasteiger partial charge in [-0.15, -0.1) is 11.8 Å². The molecule has 28 heavy (non-hydrogen) atoms. The molecule has 4 nitrogen and oxygen atoms in total. The van der Waals surface area contributed by atoms with E-state index in [4.69, 9.17) is 0 Å². The maximum Gasteiger partial charge on any atom is 0.319 e. The number of urea groups is 1. The summed E-state index contributed by atoms with van der Waals surface area (Å²) in [4.78, 5) is 15.7. The third-order valence-electron chi connectivity index (χ3n) is 5.36. The normalized spacial score (nSPS) is 15.3. The number of hydrogen-bond acceptors (Lipinski definition) is 3. The first-order valence-corrected chi connectivity index (χ1v) is 11.4. The lowest BCUT2D eigenvalue weighted by Crippen LogP contribution is -2.37. The second-order valence-corrected chi connectivity index (χ2v) is 8.32. The van der Waals surface area contributed by atoms with Gasteiger partial charge in [0.15, 0.2) is 0 Å². The van der Waals surface area contributed by atoms with Crippen LogP contribution in [0.2, 0.25) is 0 Å². The van der Waals surface area contributed by atoms with Crippen molar-refractivity contribution in [3.8, 4) is 0 Å². The fourth-order valence-electron chi connectivity index (χ4n) is 3.72. The number of benzene rings is 2. The minimum absolute atomic E-state index is 0.126. The van der Waals surface area contributed by atoms with Crippen molar-refractivity contribution >= 4 is 23.5 Å². The molecule has 0 bridgehead atoms. The van der Waals surface area contributed by atoms with Crippen LogP contribution in [0.3, 0.4) is 0 Å². The Morgan fingerprint density at radius 2 is 1.79 bits per heavy atom. The number of likely N-dealkylation sites (tertiary alicyclic amines) is 1. The summed E-state index contributed by atoms with van der Waals surface area (Å²) in [6, 6.07) is 18.6. The molecule has 3 rings (SSSR count). The largest absolute Gasteiger partial charge is 0.338 e. The summed E-state index contributed by atoms with van der Waals surface area (Å²) in [6.07, 6.45) is 6.78. The number of carbonyl (C=O) groups excluding carboxylic acids is 1. The van der Waals surface area contributed by atoms with Crippen LogP contribution in [0.5, 0.6) is 0 Å². The number of anilines is 1. The van der Waals surface area contributed by atoms with Crippen molar-refractivity contribution in [1.82, 2.24) is 10.2 Å². The van der Waals surface area contributed by atoms with E-state index in [1.165, 1.54) is 42.8 Å². The lowest BCUT2D eigenvalue weighted by Gasteiger charge is -2.32. The summed E-state index contributed by atoms with van der Waals surface area (Å²) in [5, 5.41) is 5.85. The Kier molecular flexibility index (Phi) is 8.24. The smallest absolute Gasteiger partial charge is 0.319 e. The zero-order valence-electron chi connectivity index (χ0n) is 16.7. The molecular formula is C23H31N3OS. The molecule has 1 aliphatic rings. The minimum Gasteiger partial charge on any atom is -0.338 e. The van der Waals surface area contributed by atoms with Gasteiger partial charge < -0.3 is 15.5 Å². The van der Waals surface area contributed by atoms with Crippen LogP contribution in [-0.4, -0.2) is 43.4 Å². The predicted molar refractivity (Wildman–Crippen MR) is 119 cm³/mol. The lowest BCUT2D eigenvalue weighted by atomic mass is 9.90. The maximum absolute atomic E-state index is 12.0. The first kappa shape index (κ1) is 20.7. The van der Waals surface area contributed by atoms with Gasteiger partial charge in [-0.05, 0) is 87.3 Å². The van der Waals surface area contributed by atoms with Gasteiger partial charge in [0, 0.05) is 17.1 Å². The van der Waals surface area contributed by atoms with Crippen LogP contribution in [0.15, 0.2) is 59.5 Å². The van der Waals surface area contributed by atoms with E-state index in [0.29, 0.717) is 6.54 Å². The van der Waals surface area contributed by atoms with Gasteiger partial charge in [0.05, 0.1) is 0 Å². The fraction of sp³-hybridized carbons (Fsp3) is 0.435. The topological polar surface area (TPSA) is 44.4 Å². The summed E-state index contributed by atoms with van der Waals surface area (Å²) in [6.45, 7) is 4.11. The highest BCUT2D eigenvalue weighted by Gasteiger charge is 2.19. The van der Waals surface area contributed by atoms with E-state index in [9.17, 15) is 4.79 Å². The van der Waals surface area contributed by atoms with Crippen molar-refractivity contribution in [2.45, 2.75) is 30.6 Å². The Labute approximate surface area is 173 Å². The van der Waals surface area contributed by atoms with E-state index in [-0.39, 0.29) is 6.03 Å². The standard InChI is InChI=1S/C23H31N3OS/c1-28-22-10-8-21(9-11-22)25-23(27)24-14-5-15-26-16-12-20(13-17-26)18-19-6-3-2-4-7-19/h2-4,6-11,20H,5,12-18H2,1H3,(H2,24,25,27). The molecule has 2 aromatic carbocycles. The molecule has 0 radical (unpaired) electrons. The molecular weight excluding hydrogens is 366 g/mol. The summed E-state index contributed by atoms with van der Waals surface area (Å²) < 4.78 is 0. The molecule has 1 aliphatic heterocycles. The van der Waals surface area contributed by atoms with Crippen LogP contribution in [0, 0.1) is 5.92 Å². The molecule has 5 heteroatoms. The van der Waals surface area contributed by atoms with Crippen molar-refractivity contribution in [3.63, 3.8) is 0 Å². The number of rotatable bonds is 8. The Morgan fingerprint density at radius 3 is 2.46 bits per heavy atom. The third-order valence-corrected chi connectivity index (χ3v) is 6.10. The van der Waals surface area contributed by atoms with Gasteiger partial charge in [-0.2, -0.15) is 0 Å². The van der Waals surface area contributed by atoms with Crippen LogP contribution < -0.4 is 10.6 Å². The number of nitrogens with zero attached hydrogens (tertiary/aromatic N) is 1. The van der Waals surface area contributed by atoms with Crippen LogP contribution in [0.25, 0.3) is 0 Å². The highest BCUT2D eigenvalue weighted by Crippen LogP contribution is 2.21. The van der Waals surface area contributed by atoms with E-state index < -0.39 is 0 Å². The highest BCUT2D eigenvalue weighted by atomic mass is 32.2. The second kappa shape index (κ2) is 11.1. The number of amides is 2. The third kappa shape index (κ3) is 6.88. The van der Waals surface area contributed by atoms with Gasteiger partial charge in [-0.25, -0.2) is 4.79 Å². The molecule has 0 aromatic heterocycles. The molecule has 2 N–H and O–H groups in total. The van der Waals surface area contributed by atoms with Crippen molar-refractivity contribution in [2.75, 3.05) is 37.8 Å². The van der Waals surface area contributed by atoms with Gasteiger partial charge in [-0.3, -0.25) is 0 Å². The maximum atomic E-state index is 12.0. The van der Waals surface area contributed by atoms with E-state index in [1.807, 2.05) is 30.5 Å². The van der Waals surface area contributed by atoms with Gasteiger partial charge in [-0.1, -0.05) is 30.3 Å². The molecule has 0 saturated carbocycles. The minimum atomic E-state index is -0.126. The number of piperidine rings is 1. The molecule has 2 aromatic rings. The SMILES string of the molecule is CSc1ccc(NC(=O)NCCCN2CCC(Cc3ccccc3)CC2)cc1. The zero-order valence-corrected chi connectivity index (χ0v) is 17.5. The summed E-state index contributed by atoms with van der Waals surface area (Å²) in [5.41, 5.74) is 2.29. The van der Waals surface area contributed by atoms with Gasteiger partial charge in [0.2, 0.25) is 0 Å². The lowest BCUT2D eigenvalue weighted by molar-refractivity contribution is 0.182. The quantitative estimate of drug-likeness (QED) is 0.493. The number of hydrogen-bond donors (Lipinski definition) is 2. The Balaban J connectivity index is 1.27. The number of carbonyl (C=O) groups is 1. The van der Waals surface area contributed by atoms with Crippen molar-refractivity contribution < 1.29 is 4.79 Å². The molecule has 0 unspecified atom stereocenters. The first-order valence-electron chi connectivity index (χ1n) is 10.2. The van der Waals surface area contributed by atoms with Crippen molar-refractivity contribution in [2.24, 2.45) is 5.92 Å². The fourth-order valence-corrected chi connectivity index (χ4v) is 4.12. The summed E-state index contributed by atoms with van der Waals surface area (Å²) in [5.74, 6) is 0.806. The zero-order chi connectivity index (χ0) is 19.6. The average Bonchev–Trinajstić information content (AvgIpc) is 2.74. The van der Waals surface area contributed by atoms with Gasteiger partial charge in [0.1, 0.15) is 0 Å². The monoisotopic (exact) mass is 397 g/mol. The summed E-state index contributed by atoms with van der Waals surface area (Å²) in [7, 11) is 0. The summed E-state index contributed by atoms with van der Waals surface area (Å²) >= 11 is 1.69. The molecule has 150 valence electrons. The highest BCUT2D eigenvalue weighted by molar-refractivity contribution is 7.98. The molecule has 0 aliphatic carbocycles. The predicted octanol–water partition coefficient (Wildman–Crippen LogP) is 4.87.